The van der Waals surface area contributed by atoms with Gasteiger partial charge in [-0.2, -0.15) is 0 Å². The Kier molecular flexibility index (Phi) is 9.11. The number of hydrogen-bond acceptors (Lipinski definition) is 4. The van der Waals surface area contributed by atoms with E-state index in [2.05, 4.69) is 21.9 Å². The second kappa shape index (κ2) is 13.4. The molecule has 244 valence electrons. The highest BCUT2D eigenvalue weighted by molar-refractivity contribution is 5.86. The number of carboxylic acid groups (broad SMARTS) is 1. The molecule has 47 heavy (non-hydrogen) atoms. The quantitative estimate of drug-likeness (QED) is 0.183. The SMILES string of the molecule is CN1Cc2c(c(F)cc3[nH]ccc23)Oc2ccc(F)c(c2)-c2ncc([nH]2)C(C)(c2cccc(CCC(=O)O)c2)CCCCCCC1=O. The zero-order valence-electron chi connectivity index (χ0n) is 26.5. The normalized spacial score (nSPS) is 17.8. The highest BCUT2D eigenvalue weighted by Crippen LogP contribution is 2.40. The summed E-state index contributed by atoms with van der Waals surface area (Å²) in [5.74, 6) is -1.52. The Balaban J connectivity index is 1.42. The average molecular weight is 641 g/mol. The van der Waals surface area contributed by atoms with Crippen LogP contribution in [0.4, 0.5) is 8.78 Å². The van der Waals surface area contributed by atoms with Gasteiger partial charge in [-0.1, -0.05) is 43.5 Å². The van der Waals surface area contributed by atoms with Crippen molar-refractivity contribution in [1.29, 1.82) is 0 Å². The molecule has 0 radical (unpaired) electrons. The number of nitrogens with zero attached hydrogens (tertiary/aromatic N) is 2. The van der Waals surface area contributed by atoms with Crippen LogP contribution >= 0.6 is 0 Å². The van der Waals surface area contributed by atoms with Gasteiger partial charge in [0, 0.05) is 72.5 Å². The Labute approximate surface area is 271 Å². The van der Waals surface area contributed by atoms with Crippen molar-refractivity contribution in [2.45, 2.75) is 70.3 Å². The van der Waals surface area contributed by atoms with Crippen LogP contribution in [0.15, 0.2) is 67.0 Å². The molecular formula is C37H38F2N4O4. The van der Waals surface area contributed by atoms with Gasteiger partial charge in [0.15, 0.2) is 11.6 Å². The van der Waals surface area contributed by atoms with Crippen molar-refractivity contribution >= 4 is 22.8 Å². The lowest BCUT2D eigenvalue weighted by Gasteiger charge is -2.30. The smallest absolute Gasteiger partial charge is 0.303 e. The molecule has 4 bridgehead atoms. The lowest BCUT2D eigenvalue weighted by atomic mass is 9.75. The number of aromatic amines is 2. The molecule has 6 rings (SSSR count). The Morgan fingerprint density at radius 2 is 1.89 bits per heavy atom. The fourth-order valence-corrected chi connectivity index (χ4v) is 6.48. The number of rotatable bonds is 4. The zero-order chi connectivity index (χ0) is 33.1. The fraction of sp³-hybridized carbons (Fsp3) is 0.324. The lowest BCUT2D eigenvalue weighted by Crippen LogP contribution is -2.26. The summed E-state index contributed by atoms with van der Waals surface area (Å²) in [6.45, 7) is 2.25. The number of carboxylic acids is 1. The standard InChI is InChI=1S/C37H38F2N4O4/c1-37(24-9-7-8-23(18-24)11-14-34(45)46)16-6-4-3-5-10-33(44)43(2)22-28-26-15-17-40-31(26)20-30(39)35(28)47-25-12-13-29(38)27(19-25)36-41-21-32(37)42-36/h7-9,12-13,15,17-21,40H,3-6,10-11,14,16,22H2,1-2H3,(H,41,42)(H,45,46). The molecule has 5 aromatic rings. The van der Waals surface area contributed by atoms with Crippen molar-refractivity contribution in [3.05, 3.63) is 101 Å². The van der Waals surface area contributed by atoms with Gasteiger partial charge in [-0.3, -0.25) is 9.59 Å². The molecule has 1 amide bonds. The molecule has 0 aliphatic carbocycles. The Hall–Kier alpha value is -4.99. The van der Waals surface area contributed by atoms with Crippen molar-refractivity contribution in [3.8, 4) is 22.9 Å². The van der Waals surface area contributed by atoms with E-state index in [1.807, 2.05) is 30.3 Å². The molecule has 1 aliphatic rings. The van der Waals surface area contributed by atoms with E-state index in [0.29, 0.717) is 29.7 Å². The summed E-state index contributed by atoms with van der Waals surface area (Å²) < 4.78 is 37.1. The second-order valence-corrected chi connectivity index (χ2v) is 12.6. The number of fused-ring (bicyclic) bond motifs is 8. The first-order chi connectivity index (χ1) is 22.6. The number of amides is 1. The topological polar surface area (TPSA) is 111 Å². The van der Waals surface area contributed by atoms with E-state index in [9.17, 15) is 14.7 Å². The summed E-state index contributed by atoms with van der Waals surface area (Å²) in [4.78, 5) is 37.0. The first-order valence-electron chi connectivity index (χ1n) is 16.0. The summed E-state index contributed by atoms with van der Waals surface area (Å²) in [5.41, 5.74) is 3.43. The van der Waals surface area contributed by atoms with Gasteiger partial charge >= 0.3 is 5.97 Å². The lowest BCUT2D eigenvalue weighted by molar-refractivity contribution is -0.137. The molecule has 0 fully saturated rings. The molecule has 1 unspecified atom stereocenters. The van der Waals surface area contributed by atoms with E-state index in [1.165, 1.54) is 24.3 Å². The Bertz CT molecular complexity index is 1930. The van der Waals surface area contributed by atoms with Crippen molar-refractivity contribution in [1.82, 2.24) is 19.9 Å². The first-order valence-corrected chi connectivity index (χ1v) is 16.0. The van der Waals surface area contributed by atoms with Crippen molar-refractivity contribution < 1.29 is 28.2 Å². The Morgan fingerprint density at radius 3 is 2.72 bits per heavy atom. The van der Waals surface area contributed by atoms with Gasteiger partial charge < -0.3 is 24.7 Å². The van der Waals surface area contributed by atoms with E-state index in [0.717, 1.165) is 54.3 Å². The number of hydrogen-bond donors (Lipinski definition) is 3. The van der Waals surface area contributed by atoms with E-state index in [-0.39, 0.29) is 35.9 Å². The predicted molar refractivity (Wildman–Crippen MR) is 175 cm³/mol. The van der Waals surface area contributed by atoms with Gasteiger partial charge in [-0.15, -0.1) is 0 Å². The summed E-state index contributed by atoms with van der Waals surface area (Å²) in [5, 5.41) is 9.95. The van der Waals surface area contributed by atoms with E-state index in [4.69, 9.17) is 4.74 Å². The zero-order valence-corrected chi connectivity index (χ0v) is 26.5. The van der Waals surface area contributed by atoms with Crippen molar-refractivity contribution in [2.75, 3.05) is 7.05 Å². The van der Waals surface area contributed by atoms with Crippen LogP contribution in [-0.2, 0) is 28.0 Å². The number of aryl methyl sites for hydroxylation is 1. The number of aliphatic carboxylic acids is 1. The maximum atomic E-state index is 15.6. The number of benzene rings is 3. The largest absolute Gasteiger partial charge is 0.481 e. The Morgan fingerprint density at radius 1 is 1.06 bits per heavy atom. The number of halogens is 2. The molecule has 3 heterocycles. The molecule has 0 spiro atoms. The van der Waals surface area contributed by atoms with Crippen LogP contribution in [0.5, 0.6) is 11.5 Å². The van der Waals surface area contributed by atoms with E-state index >= 15 is 8.78 Å². The fourth-order valence-electron chi connectivity index (χ4n) is 6.48. The molecule has 0 saturated carbocycles. The number of nitrogens with one attached hydrogen (secondary N) is 2. The summed E-state index contributed by atoms with van der Waals surface area (Å²) in [6.07, 6.45) is 8.33. The first kappa shape index (κ1) is 32.0. The molecular weight excluding hydrogens is 602 g/mol. The number of imidazole rings is 1. The summed E-state index contributed by atoms with van der Waals surface area (Å²) in [6, 6.07) is 15.3. The highest BCUT2D eigenvalue weighted by atomic mass is 19.1. The van der Waals surface area contributed by atoms with Crippen LogP contribution in [0, 0.1) is 11.6 Å². The van der Waals surface area contributed by atoms with Crippen LogP contribution in [0.25, 0.3) is 22.3 Å². The monoisotopic (exact) mass is 640 g/mol. The van der Waals surface area contributed by atoms with Crippen LogP contribution in [-0.4, -0.2) is 43.9 Å². The maximum Gasteiger partial charge on any atom is 0.303 e. The van der Waals surface area contributed by atoms with Crippen LogP contribution < -0.4 is 4.74 Å². The van der Waals surface area contributed by atoms with Gasteiger partial charge in [-0.05, 0) is 61.6 Å². The second-order valence-electron chi connectivity index (χ2n) is 12.6. The van der Waals surface area contributed by atoms with E-state index < -0.39 is 23.0 Å². The van der Waals surface area contributed by atoms with Crippen LogP contribution in [0.2, 0.25) is 0 Å². The minimum Gasteiger partial charge on any atom is -0.481 e. The molecule has 8 nitrogen and oxygen atoms in total. The number of aromatic nitrogens is 3. The molecule has 2 aromatic heterocycles. The van der Waals surface area contributed by atoms with Gasteiger partial charge in [0.1, 0.15) is 17.4 Å². The predicted octanol–water partition coefficient (Wildman–Crippen LogP) is 8.26. The van der Waals surface area contributed by atoms with Crippen LogP contribution in [0.1, 0.15) is 74.3 Å². The van der Waals surface area contributed by atoms with Crippen molar-refractivity contribution in [3.63, 3.8) is 0 Å². The minimum atomic E-state index is -0.853. The van der Waals surface area contributed by atoms with Gasteiger partial charge in [-0.25, -0.2) is 13.8 Å². The number of H-pyrrole nitrogens is 2. The van der Waals surface area contributed by atoms with Crippen LogP contribution in [0.3, 0.4) is 0 Å². The highest BCUT2D eigenvalue weighted by Gasteiger charge is 2.31. The average Bonchev–Trinajstić information content (AvgIpc) is 3.74. The van der Waals surface area contributed by atoms with Gasteiger partial charge in [0.05, 0.1) is 5.56 Å². The molecule has 1 atom stereocenters. The van der Waals surface area contributed by atoms with E-state index in [1.54, 1.807) is 24.3 Å². The molecule has 1 aliphatic heterocycles. The van der Waals surface area contributed by atoms with Gasteiger partial charge in [0.2, 0.25) is 5.91 Å². The summed E-state index contributed by atoms with van der Waals surface area (Å²) >= 11 is 0. The van der Waals surface area contributed by atoms with Gasteiger partial charge in [0.25, 0.3) is 0 Å². The number of carbonyl (C=O) groups is 2. The van der Waals surface area contributed by atoms with Crippen molar-refractivity contribution in [2.24, 2.45) is 0 Å². The third-order valence-corrected chi connectivity index (χ3v) is 9.28. The molecule has 3 aromatic carbocycles. The molecule has 3 N–H and O–H groups in total. The third-order valence-electron chi connectivity index (χ3n) is 9.28. The number of ether oxygens (including phenoxy) is 1. The minimum absolute atomic E-state index is 0.0253. The molecule has 10 heteroatoms. The summed E-state index contributed by atoms with van der Waals surface area (Å²) in [7, 11) is 1.71. The number of carbonyl (C=O) groups excluding carboxylic acids is 1. The maximum absolute atomic E-state index is 15.6. The molecule has 0 saturated heterocycles. The third kappa shape index (κ3) is 6.77.